The minimum absolute atomic E-state index is 0.0695. The Morgan fingerprint density at radius 3 is 2.44 bits per heavy atom. The molecule has 0 aliphatic carbocycles. The van der Waals surface area contributed by atoms with Crippen LogP contribution in [0.5, 0.6) is 11.5 Å². The van der Waals surface area contributed by atoms with Crippen LogP contribution in [0, 0.1) is 13.8 Å². The summed E-state index contributed by atoms with van der Waals surface area (Å²) in [7, 11) is 3.03. The Morgan fingerprint density at radius 2 is 1.76 bits per heavy atom. The molecule has 3 aromatic carbocycles. The minimum Gasteiger partial charge on any atom is -0.507 e. The maximum Gasteiger partial charge on any atom is 0.323 e. The summed E-state index contributed by atoms with van der Waals surface area (Å²) in [5, 5.41) is 15.2. The number of benzene rings is 3. The molecule has 1 heterocycles. The van der Waals surface area contributed by atoms with Crippen LogP contribution < -0.4 is 10.1 Å². The van der Waals surface area contributed by atoms with Crippen LogP contribution in [0.3, 0.4) is 0 Å². The second-order valence-corrected chi connectivity index (χ2v) is 8.84. The Bertz CT molecular complexity index is 1240. The van der Waals surface area contributed by atoms with Crippen LogP contribution in [0.15, 0.2) is 48.5 Å². The number of phenolic OH excluding ortho intramolecular Hbond substituents is 1. The van der Waals surface area contributed by atoms with Gasteiger partial charge in [-0.15, -0.1) is 0 Å². The molecule has 1 aliphatic rings. The third-order valence-corrected chi connectivity index (χ3v) is 6.55. The van der Waals surface area contributed by atoms with Gasteiger partial charge in [0.15, 0.2) is 0 Å². The average Bonchev–Trinajstić information content (AvgIpc) is 3.22. The summed E-state index contributed by atoms with van der Waals surface area (Å²) in [6.45, 7) is 5.04. The molecule has 3 aromatic rings. The van der Waals surface area contributed by atoms with E-state index in [9.17, 15) is 14.7 Å². The third kappa shape index (κ3) is 4.70. The highest BCUT2D eigenvalue weighted by Crippen LogP contribution is 2.29. The summed E-state index contributed by atoms with van der Waals surface area (Å²) in [5.74, 6) is 0.0656. The number of phenols is 1. The monoisotopic (exact) mass is 462 g/mol. The van der Waals surface area contributed by atoms with Gasteiger partial charge in [-0.05, 0) is 65.9 Å². The van der Waals surface area contributed by atoms with Crippen LogP contribution in [0.4, 0.5) is 0 Å². The summed E-state index contributed by atoms with van der Waals surface area (Å²) in [5.41, 5.74) is 3.40. The first-order chi connectivity index (χ1) is 16.3. The highest BCUT2D eigenvalue weighted by molar-refractivity contribution is 6.01. The van der Waals surface area contributed by atoms with Crippen molar-refractivity contribution in [2.24, 2.45) is 0 Å². The third-order valence-electron chi connectivity index (χ3n) is 6.55. The van der Waals surface area contributed by atoms with Crippen molar-refractivity contribution in [3.63, 3.8) is 0 Å². The van der Waals surface area contributed by atoms with Crippen molar-refractivity contribution in [1.82, 2.24) is 10.2 Å². The zero-order valence-electron chi connectivity index (χ0n) is 19.9. The molecule has 0 bridgehead atoms. The first-order valence-electron chi connectivity index (χ1n) is 11.3. The molecule has 1 amide bonds. The number of esters is 1. The van der Waals surface area contributed by atoms with Crippen molar-refractivity contribution in [1.29, 1.82) is 0 Å². The zero-order valence-corrected chi connectivity index (χ0v) is 19.9. The number of carbonyl (C=O) groups excluding carboxylic acids is 2. The van der Waals surface area contributed by atoms with E-state index in [0.717, 1.165) is 33.2 Å². The molecule has 2 N–H and O–H groups in total. The van der Waals surface area contributed by atoms with Gasteiger partial charge in [0.2, 0.25) is 0 Å². The van der Waals surface area contributed by atoms with E-state index in [4.69, 9.17) is 9.47 Å². The van der Waals surface area contributed by atoms with Gasteiger partial charge in [-0.3, -0.25) is 14.5 Å². The number of methoxy groups -OCH3 is 2. The predicted octanol–water partition coefficient (Wildman–Crippen LogP) is 3.72. The smallest absolute Gasteiger partial charge is 0.323 e. The molecule has 1 fully saturated rings. The van der Waals surface area contributed by atoms with E-state index in [1.54, 1.807) is 19.2 Å². The number of ether oxygens (including phenoxy) is 2. The van der Waals surface area contributed by atoms with Crippen molar-refractivity contribution in [3.05, 3.63) is 70.8 Å². The number of carbonyl (C=O) groups is 2. The number of amides is 1. The molecule has 0 radical (unpaired) electrons. The van der Waals surface area contributed by atoms with E-state index in [-0.39, 0.29) is 29.2 Å². The van der Waals surface area contributed by atoms with Gasteiger partial charge in [0.05, 0.1) is 19.8 Å². The van der Waals surface area contributed by atoms with E-state index in [1.807, 2.05) is 49.1 Å². The Hall–Kier alpha value is -3.58. The van der Waals surface area contributed by atoms with Gasteiger partial charge in [-0.25, -0.2) is 0 Å². The lowest BCUT2D eigenvalue weighted by Gasteiger charge is -2.23. The van der Waals surface area contributed by atoms with Gasteiger partial charge in [0.1, 0.15) is 17.5 Å². The number of hydrogen-bond acceptors (Lipinski definition) is 6. The van der Waals surface area contributed by atoms with Gasteiger partial charge in [0.25, 0.3) is 5.91 Å². The van der Waals surface area contributed by atoms with Crippen LogP contribution in [0.2, 0.25) is 0 Å². The van der Waals surface area contributed by atoms with Gasteiger partial charge in [-0.1, -0.05) is 30.3 Å². The normalized spacial score (nSPS) is 18.1. The number of aromatic hydroxyl groups is 1. The van der Waals surface area contributed by atoms with E-state index >= 15 is 0 Å². The number of nitrogens with one attached hydrogen (secondary N) is 1. The Labute approximate surface area is 199 Å². The van der Waals surface area contributed by atoms with Crippen molar-refractivity contribution >= 4 is 22.6 Å². The molecule has 34 heavy (non-hydrogen) atoms. The molecule has 4 rings (SSSR count). The van der Waals surface area contributed by atoms with E-state index in [0.29, 0.717) is 19.5 Å². The van der Waals surface area contributed by atoms with Crippen molar-refractivity contribution in [2.75, 3.05) is 20.8 Å². The number of likely N-dealkylation sites (tertiary alicyclic amines) is 1. The maximum atomic E-state index is 13.0. The van der Waals surface area contributed by atoms with Gasteiger partial charge >= 0.3 is 5.97 Å². The fourth-order valence-electron chi connectivity index (χ4n) is 4.70. The number of nitrogens with zero attached hydrogens (tertiary/aromatic N) is 1. The standard InChI is InChI=1S/C27H30N2O5/c1-16-10-25(33-3)17(2)9-20(16)14-29-15-21(13-23(29)27(32)34-4)28-26(31)22-11-18-7-5-6-8-19(18)12-24(22)30/h5-12,21,23,30H,13-15H2,1-4H3,(H,28,31)/t21-,23-/m0/s1. The molecule has 1 saturated heterocycles. The fraction of sp³-hybridized carbons (Fsp3) is 0.333. The second-order valence-electron chi connectivity index (χ2n) is 8.84. The lowest BCUT2D eigenvalue weighted by molar-refractivity contribution is -0.146. The first kappa shape index (κ1) is 23.6. The molecule has 0 unspecified atom stereocenters. The van der Waals surface area contributed by atoms with E-state index in [2.05, 4.69) is 11.4 Å². The van der Waals surface area contributed by atoms with Crippen molar-refractivity contribution in [3.8, 4) is 11.5 Å². The molecule has 2 atom stereocenters. The summed E-state index contributed by atoms with van der Waals surface area (Å²) < 4.78 is 10.5. The van der Waals surface area contributed by atoms with Gasteiger partial charge < -0.3 is 19.9 Å². The van der Waals surface area contributed by atoms with Crippen molar-refractivity contribution in [2.45, 2.75) is 38.9 Å². The summed E-state index contributed by atoms with van der Waals surface area (Å²) in [4.78, 5) is 27.6. The molecule has 0 aromatic heterocycles. The molecular weight excluding hydrogens is 432 g/mol. The molecule has 0 spiro atoms. The number of rotatable bonds is 6. The van der Waals surface area contributed by atoms with Crippen LogP contribution >= 0.6 is 0 Å². The lowest BCUT2D eigenvalue weighted by atomic mass is 10.0. The van der Waals surface area contributed by atoms with Crippen molar-refractivity contribution < 1.29 is 24.2 Å². The highest BCUT2D eigenvalue weighted by atomic mass is 16.5. The van der Waals surface area contributed by atoms with E-state index < -0.39 is 6.04 Å². The lowest BCUT2D eigenvalue weighted by Crippen LogP contribution is -2.38. The summed E-state index contributed by atoms with van der Waals surface area (Å²) >= 11 is 0. The Kier molecular flexibility index (Phi) is 6.75. The Morgan fingerprint density at radius 1 is 1.06 bits per heavy atom. The summed E-state index contributed by atoms with van der Waals surface area (Å²) in [6, 6.07) is 14.2. The number of aryl methyl sites for hydroxylation is 2. The largest absolute Gasteiger partial charge is 0.507 e. The number of hydrogen-bond donors (Lipinski definition) is 2. The molecule has 0 saturated carbocycles. The maximum absolute atomic E-state index is 13.0. The van der Waals surface area contributed by atoms with Gasteiger partial charge in [0, 0.05) is 19.1 Å². The topological polar surface area (TPSA) is 88.1 Å². The molecule has 7 heteroatoms. The summed E-state index contributed by atoms with van der Waals surface area (Å²) in [6.07, 6.45) is 0.431. The average molecular weight is 463 g/mol. The quantitative estimate of drug-likeness (QED) is 0.543. The van der Waals surface area contributed by atoms with Crippen LogP contribution in [-0.2, 0) is 16.1 Å². The first-order valence-corrected chi connectivity index (χ1v) is 11.3. The SMILES string of the molecule is COC(=O)[C@@H]1C[C@H](NC(=O)c2cc3ccccc3cc2O)CN1Cc1cc(C)c(OC)cc1C. The van der Waals surface area contributed by atoms with Crippen LogP contribution in [0.25, 0.3) is 10.8 Å². The van der Waals surface area contributed by atoms with Gasteiger partial charge in [-0.2, -0.15) is 0 Å². The Balaban J connectivity index is 1.53. The van der Waals surface area contributed by atoms with Crippen LogP contribution in [0.1, 0.15) is 33.5 Å². The molecule has 7 nitrogen and oxygen atoms in total. The van der Waals surface area contributed by atoms with Crippen LogP contribution in [-0.4, -0.2) is 54.7 Å². The predicted molar refractivity (Wildman–Crippen MR) is 130 cm³/mol. The molecule has 1 aliphatic heterocycles. The molecule has 178 valence electrons. The fourth-order valence-corrected chi connectivity index (χ4v) is 4.70. The molecular formula is C27H30N2O5. The second kappa shape index (κ2) is 9.73. The van der Waals surface area contributed by atoms with E-state index in [1.165, 1.54) is 7.11 Å². The minimum atomic E-state index is -0.470. The zero-order chi connectivity index (χ0) is 24.4. The number of fused-ring (bicyclic) bond motifs is 1. The highest BCUT2D eigenvalue weighted by Gasteiger charge is 2.38.